The van der Waals surface area contributed by atoms with Gasteiger partial charge in [0, 0.05) is 48.8 Å². The number of nitrogens with zero attached hydrogens (tertiary/aromatic N) is 3. The molecule has 2 atom stereocenters. The molecule has 0 radical (unpaired) electrons. The fraction of sp³-hybridized carbons (Fsp3) is 0.414. The average molecular weight is 568 g/mol. The van der Waals surface area contributed by atoms with Crippen LogP contribution in [0.25, 0.3) is 10.9 Å². The van der Waals surface area contributed by atoms with Crippen LogP contribution < -0.4 is 15.8 Å². The minimum atomic E-state index is -0.506. The lowest BCUT2D eigenvalue weighted by atomic mass is 10.0. The molecular formula is C29H31ClFN5O4. The first-order chi connectivity index (χ1) is 19.3. The number of hydrogen-bond donors (Lipinski definition) is 2. The number of carbonyl (C=O) groups excluding carboxylic acids is 1. The number of hydrogen-bond acceptors (Lipinski definition) is 9. The highest BCUT2D eigenvalue weighted by molar-refractivity contribution is 6.31. The summed E-state index contributed by atoms with van der Waals surface area (Å²) in [7, 11) is 0. The predicted molar refractivity (Wildman–Crippen MR) is 150 cm³/mol. The van der Waals surface area contributed by atoms with Crippen molar-refractivity contribution in [1.82, 2.24) is 14.9 Å². The van der Waals surface area contributed by atoms with E-state index in [1.165, 1.54) is 18.5 Å². The number of allylic oxidation sites excluding steroid dienone is 1. The van der Waals surface area contributed by atoms with Crippen molar-refractivity contribution in [3.8, 4) is 5.75 Å². The van der Waals surface area contributed by atoms with Crippen LogP contribution in [0.4, 0.5) is 15.9 Å². The highest BCUT2D eigenvalue weighted by Crippen LogP contribution is 2.35. The Morgan fingerprint density at radius 1 is 1.20 bits per heavy atom. The third-order valence-electron chi connectivity index (χ3n) is 7.48. The maximum absolute atomic E-state index is 13.7. The van der Waals surface area contributed by atoms with Gasteiger partial charge in [-0.2, -0.15) is 0 Å². The van der Waals surface area contributed by atoms with Crippen molar-refractivity contribution >= 4 is 39.8 Å². The molecule has 9 nitrogen and oxygen atoms in total. The van der Waals surface area contributed by atoms with E-state index >= 15 is 0 Å². The topological polar surface area (TPSA) is 112 Å². The fourth-order valence-electron chi connectivity index (χ4n) is 5.00. The van der Waals surface area contributed by atoms with E-state index in [2.05, 4.69) is 20.2 Å². The predicted octanol–water partition coefficient (Wildman–Crippen LogP) is 3.80. The summed E-state index contributed by atoms with van der Waals surface area (Å²) in [5.74, 6) is 0.506. The van der Waals surface area contributed by atoms with Crippen molar-refractivity contribution < 1.29 is 23.4 Å². The zero-order valence-electron chi connectivity index (χ0n) is 21.9. The van der Waals surface area contributed by atoms with E-state index in [9.17, 15) is 9.18 Å². The van der Waals surface area contributed by atoms with Gasteiger partial charge in [0.2, 0.25) is 0 Å². The third kappa shape index (κ3) is 6.26. The Kier molecular flexibility index (Phi) is 7.69. The zero-order valence-corrected chi connectivity index (χ0v) is 22.7. The maximum atomic E-state index is 13.7. The number of fused-ring (bicyclic) bond motifs is 2. The smallest absolute Gasteiger partial charge is 0.159 e. The van der Waals surface area contributed by atoms with Crippen LogP contribution >= 0.6 is 11.6 Å². The van der Waals surface area contributed by atoms with Crippen LogP contribution in [-0.2, 0) is 20.7 Å². The van der Waals surface area contributed by atoms with Crippen molar-refractivity contribution in [3.05, 3.63) is 65.2 Å². The molecule has 1 aromatic heterocycles. The van der Waals surface area contributed by atoms with Gasteiger partial charge in [0.15, 0.2) is 5.78 Å². The van der Waals surface area contributed by atoms with E-state index < -0.39 is 5.82 Å². The number of anilines is 2. The number of halogens is 2. The summed E-state index contributed by atoms with van der Waals surface area (Å²) >= 11 is 5.96. The second-order valence-corrected chi connectivity index (χ2v) is 11.1. The molecule has 0 spiro atoms. The van der Waals surface area contributed by atoms with Crippen molar-refractivity contribution in [2.75, 3.05) is 44.8 Å². The second-order valence-electron chi connectivity index (χ2n) is 10.7. The second kappa shape index (κ2) is 11.4. The summed E-state index contributed by atoms with van der Waals surface area (Å²) in [6.07, 6.45) is 7.08. The number of nitrogens with one attached hydrogen (secondary N) is 1. The molecule has 3 aromatic rings. The van der Waals surface area contributed by atoms with E-state index in [0.29, 0.717) is 60.1 Å². The van der Waals surface area contributed by atoms with Crippen molar-refractivity contribution in [1.29, 1.82) is 0 Å². The number of benzene rings is 2. The minimum absolute atomic E-state index is 0.000607. The summed E-state index contributed by atoms with van der Waals surface area (Å²) in [6, 6.07) is 8.02. The van der Waals surface area contributed by atoms with Gasteiger partial charge < -0.3 is 25.3 Å². The monoisotopic (exact) mass is 567 g/mol. The molecule has 0 amide bonds. The van der Waals surface area contributed by atoms with Gasteiger partial charge in [0.25, 0.3) is 0 Å². The Balaban J connectivity index is 1.21. The van der Waals surface area contributed by atoms with Crippen LogP contribution in [0.3, 0.4) is 0 Å². The van der Waals surface area contributed by atoms with E-state index in [4.69, 9.17) is 31.5 Å². The quantitative estimate of drug-likeness (QED) is 0.353. The Labute approximate surface area is 236 Å². The van der Waals surface area contributed by atoms with Gasteiger partial charge in [-0.05, 0) is 43.2 Å². The Morgan fingerprint density at radius 2 is 1.98 bits per heavy atom. The molecule has 3 heterocycles. The molecule has 2 aromatic carbocycles. The molecule has 1 saturated carbocycles. The molecule has 3 fully saturated rings. The van der Waals surface area contributed by atoms with Crippen LogP contribution in [0.5, 0.6) is 5.75 Å². The lowest BCUT2D eigenvalue weighted by Gasteiger charge is -2.24. The van der Waals surface area contributed by atoms with Gasteiger partial charge >= 0.3 is 0 Å². The largest absolute Gasteiger partial charge is 0.491 e. The third-order valence-corrected chi connectivity index (χ3v) is 7.77. The van der Waals surface area contributed by atoms with Crippen LogP contribution in [0.1, 0.15) is 18.4 Å². The van der Waals surface area contributed by atoms with Crippen molar-refractivity contribution in [3.63, 3.8) is 0 Å². The van der Waals surface area contributed by atoms with E-state index in [1.807, 2.05) is 18.2 Å². The lowest BCUT2D eigenvalue weighted by molar-refractivity contribution is -0.116. The molecule has 40 heavy (non-hydrogen) atoms. The molecule has 3 aliphatic rings. The summed E-state index contributed by atoms with van der Waals surface area (Å²) < 4.78 is 31.3. The van der Waals surface area contributed by atoms with E-state index in [-0.39, 0.29) is 35.0 Å². The van der Waals surface area contributed by atoms with Crippen molar-refractivity contribution in [2.45, 2.75) is 37.0 Å². The first kappa shape index (κ1) is 27.0. The number of nitrogens with two attached hydrogens (primary N) is 1. The highest BCUT2D eigenvalue weighted by atomic mass is 35.5. The number of rotatable bonds is 10. The zero-order chi connectivity index (χ0) is 27.7. The van der Waals surface area contributed by atoms with E-state index in [0.717, 1.165) is 25.9 Å². The molecule has 0 unspecified atom stereocenters. The van der Waals surface area contributed by atoms with Crippen LogP contribution in [0.15, 0.2) is 48.8 Å². The van der Waals surface area contributed by atoms with Gasteiger partial charge in [0.05, 0.1) is 41.5 Å². The summed E-state index contributed by atoms with van der Waals surface area (Å²) in [6.45, 7) is 3.85. The Morgan fingerprint density at radius 3 is 2.70 bits per heavy atom. The SMILES string of the molecule is NC1(COc2cc3ncnc(Nc4ccc(F)c(Cl)c4)c3cc2CC(=O)/C=C/CN2C[C@@H]3OCCO[C@@H]3C2)CC1. The number of carbonyl (C=O) groups is 1. The van der Waals surface area contributed by atoms with Gasteiger partial charge in [-0.15, -0.1) is 0 Å². The molecule has 11 heteroatoms. The Hall–Kier alpha value is -3.15. The minimum Gasteiger partial charge on any atom is -0.491 e. The van der Waals surface area contributed by atoms with Crippen molar-refractivity contribution in [2.24, 2.45) is 5.73 Å². The fourth-order valence-corrected chi connectivity index (χ4v) is 5.18. The molecule has 1 aliphatic carbocycles. The molecule has 2 aliphatic heterocycles. The highest BCUT2D eigenvalue weighted by Gasteiger charge is 2.39. The lowest BCUT2D eigenvalue weighted by Crippen LogP contribution is -2.36. The number of ketones is 1. The number of aromatic nitrogens is 2. The molecular weight excluding hydrogens is 537 g/mol. The average Bonchev–Trinajstić information content (AvgIpc) is 3.53. The van der Waals surface area contributed by atoms with Gasteiger partial charge in [0.1, 0.15) is 30.3 Å². The van der Waals surface area contributed by atoms with Gasteiger partial charge in [-0.3, -0.25) is 9.69 Å². The molecule has 2 saturated heterocycles. The number of ether oxygens (including phenoxy) is 3. The summed E-state index contributed by atoms with van der Waals surface area (Å²) in [4.78, 5) is 24.1. The standard InChI is InChI=1S/C29H31ClFN5O4/c30-22-12-19(3-4-23(22)31)35-28-21-11-18(25(13-24(21)33-17-34-28)40-16-29(32)5-6-29)10-20(37)2-1-7-36-14-26-27(15-36)39-9-8-38-26/h1-4,11-13,17,26-27H,5-10,14-16,32H2,(H,33,34,35)/b2-1+/t26-,27+. The maximum Gasteiger partial charge on any atom is 0.159 e. The van der Waals surface area contributed by atoms with Crippen LogP contribution in [-0.4, -0.2) is 77.9 Å². The first-order valence-corrected chi connectivity index (χ1v) is 13.8. The molecule has 0 bridgehead atoms. The van der Waals surface area contributed by atoms with Crippen LogP contribution in [0.2, 0.25) is 5.02 Å². The number of likely N-dealkylation sites (tertiary alicyclic amines) is 1. The first-order valence-electron chi connectivity index (χ1n) is 13.4. The van der Waals surface area contributed by atoms with Gasteiger partial charge in [-0.25, -0.2) is 14.4 Å². The normalized spacial score (nSPS) is 22.0. The molecule has 6 rings (SSSR count). The molecule has 210 valence electrons. The van der Waals surface area contributed by atoms with E-state index in [1.54, 1.807) is 12.1 Å². The summed E-state index contributed by atoms with van der Waals surface area (Å²) in [5.41, 5.74) is 7.85. The Bertz CT molecular complexity index is 1440. The van der Waals surface area contributed by atoms with Crippen LogP contribution in [0, 0.1) is 5.82 Å². The summed E-state index contributed by atoms with van der Waals surface area (Å²) in [5, 5.41) is 3.87. The van der Waals surface area contributed by atoms with Gasteiger partial charge in [-0.1, -0.05) is 17.7 Å². The molecule has 3 N–H and O–H groups in total.